The minimum atomic E-state index is -0.491. The molecule has 0 unspecified atom stereocenters. The number of aromatic nitrogens is 1. The zero-order valence-corrected chi connectivity index (χ0v) is 10.9. The number of esters is 1. The highest BCUT2D eigenvalue weighted by Gasteiger charge is 2.20. The fourth-order valence-corrected chi connectivity index (χ4v) is 1.45. The average molecular weight is 236 g/mol. The molecule has 0 saturated carbocycles. The van der Waals surface area contributed by atoms with Crippen molar-refractivity contribution in [1.29, 1.82) is 0 Å². The summed E-state index contributed by atoms with van der Waals surface area (Å²) in [6, 6.07) is 3.50. The molecule has 2 N–H and O–H groups in total. The molecule has 1 heterocycles. The van der Waals surface area contributed by atoms with Gasteiger partial charge in [-0.15, -0.1) is 0 Å². The molecule has 0 aromatic carbocycles. The van der Waals surface area contributed by atoms with Crippen molar-refractivity contribution in [2.45, 2.75) is 46.3 Å². The van der Waals surface area contributed by atoms with Gasteiger partial charge in [0.2, 0.25) is 0 Å². The summed E-state index contributed by atoms with van der Waals surface area (Å²) in [5.41, 5.74) is 7.08. The Bertz CT molecular complexity index is 408. The second kappa shape index (κ2) is 5.27. The van der Waals surface area contributed by atoms with E-state index < -0.39 is 5.60 Å². The number of carbonyl (C=O) groups excluding carboxylic acids is 1. The number of pyridine rings is 1. The predicted octanol–water partition coefficient (Wildman–Crippen LogP) is 2.06. The molecule has 1 aromatic rings. The molecule has 0 saturated heterocycles. The Labute approximate surface area is 102 Å². The molecule has 1 rings (SSSR count). The molecular weight excluding hydrogens is 216 g/mol. The van der Waals surface area contributed by atoms with E-state index in [0.29, 0.717) is 18.5 Å². The zero-order chi connectivity index (χ0) is 13.1. The van der Waals surface area contributed by atoms with Gasteiger partial charge in [0.15, 0.2) is 0 Å². The molecule has 4 heteroatoms. The topological polar surface area (TPSA) is 65.2 Å². The Kier molecular flexibility index (Phi) is 4.23. The van der Waals surface area contributed by atoms with Gasteiger partial charge in [0.25, 0.3) is 0 Å². The zero-order valence-electron chi connectivity index (χ0n) is 10.9. The van der Waals surface area contributed by atoms with Gasteiger partial charge >= 0.3 is 5.97 Å². The van der Waals surface area contributed by atoms with E-state index in [1.165, 1.54) is 0 Å². The number of nitrogens with zero attached hydrogens (tertiary/aromatic N) is 1. The molecule has 0 bridgehead atoms. The van der Waals surface area contributed by atoms with Gasteiger partial charge in [-0.25, -0.2) is 4.79 Å². The summed E-state index contributed by atoms with van der Waals surface area (Å²) in [6.07, 6.45) is 0.683. The Morgan fingerprint density at radius 3 is 2.53 bits per heavy atom. The number of hydrogen-bond acceptors (Lipinski definition) is 4. The molecule has 0 aliphatic heterocycles. The average Bonchev–Trinajstić information content (AvgIpc) is 2.25. The molecule has 17 heavy (non-hydrogen) atoms. The third kappa shape index (κ3) is 3.82. The van der Waals surface area contributed by atoms with Crippen LogP contribution in [0.3, 0.4) is 0 Å². The van der Waals surface area contributed by atoms with Crippen LogP contribution in [0.5, 0.6) is 0 Å². The lowest BCUT2D eigenvalue weighted by atomic mass is 10.1. The van der Waals surface area contributed by atoms with Crippen molar-refractivity contribution < 1.29 is 9.53 Å². The van der Waals surface area contributed by atoms with E-state index in [1.54, 1.807) is 12.1 Å². The first-order chi connectivity index (χ1) is 7.87. The highest BCUT2D eigenvalue weighted by molar-refractivity contribution is 5.90. The van der Waals surface area contributed by atoms with E-state index in [4.69, 9.17) is 10.5 Å². The third-order valence-electron chi connectivity index (χ3n) is 2.19. The molecule has 0 atom stereocenters. The standard InChI is InChI=1S/C13H20N2O2/c1-5-11-10(7-6-9(8-14)15-11)12(16)17-13(2,3)4/h6-7H,5,8,14H2,1-4H3. The lowest BCUT2D eigenvalue weighted by Crippen LogP contribution is -2.25. The van der Waals surface area contributed by atoms with Gasteiger partial charge < -0.3 is 10.5 Å². The van der Waals surface area contributed by atoms with Crippen LogP contribution in [0.1, 0.15) is 49.4 Å². The molecule has 0 amide bonds. The highest BCUT2D eigenvalue weighted by atomic mass is 16.6. The molecule has 0 radical (unpaired) electrons. The van der Waals surface area contributed by atoms with E-state index >= 15 is 0 Å². The molecule has 0 spiro atoms. The van der Waals surface area contributed by atoms with Crippen LogP contribution in [0.25, 0.3) is 0 Å². The summed E-state index contributed by atoms with van der Waals surface area (Å²) in [7, 11) is 0. The summed E-state index contributed by atoms with van der Waals surface area (Å²) >= 11 is 0. The Balaban J connectivity index is 3.01. The largest absolute Gasteiger partial charge is 0.456 e. The lowest BCUT2D eigenvalue weighted by Gasteiger charge is -2.20. The number of carbonyl (C=O) groups is 1. The van der Waals surface area contributed by atoms with Crippen LogP contribution < -0.4 is 5.73 Å². The summed E-state index contributed by atoms with van der Waals surface area (Å²) in [5, 5.41) is 0. The van der Waals surface area contributed by atoms with Gasteiger partial charge in [-0.2, -0.15) is 0 Å². The minimum Gasteiger partial charge on any atom is -0.456 e. The van der Waals surface area contributed by atoms with Crippen LogP contribution in [0.15, 0.2) is 12.1 Å². The van der Waals surface area contributed by atoms with Crippen LogP contribution in [0.2, 0.25) is 0 Å². The van der Waals surface area contributed by atoms with Crippen molar-refractivity contribution in [2.24, 2.45) is 5.73 Å². The highest BCUT2D eigenvalue weighted by Crippen LogP contribution is 2.15. The SMILES string of the molecule is CCc1nc(CN)ccc1C(=O)OC(C)(C)C. The first-order valence-electron chi connectivity index (χ1n) is 5.79. The van der Waals surface area contributed by atoms with Crippen LogP contribution in [0, 0.1) is 0 Å². The van der Waals surface area contributed by atoms with E-state index in [2.05, 4.69) is 4.98 Å². The van der Waals surface area contributed by atoms with Gasteiger partial charge in [0, 0.05) is 6.54 Å². The van der Waals surface area contributed by atoms with Gasteiger partial charge in [0.05, 0.1) is 17.0 Å². The fourth-order valence-electron chi connectivity index (χ4n) is 1.45. The minimum absolute atomic E-state index is 0.328. The maximum absolute atomic E-state index is 11.9. The van der Waals surface area contributed by atoms with Crippen molar-refractivity contribution >= 4 is 5.97 Å². The number of aryl methyl sites for hydroxylation is 1. The smallest absolute Gasteiger partial charge is 0.340 e. The van der Waals surface area contributed by atoms with Crippen molar-refractivity contribution in [3.63, 3.8) is 0 Å². The van der Waals surface area contributed by atoms with Crippen LogP contribution in [-0.4, -0.2) is 16.6 Å². The fraction of sp³-hybridized carbons (Fsp3) is 0.538. The third-order valence-corrected chi connectivity index (χ3v) is 2.19. The van der Waals surface area contributed by atoms with Crippen molar-refractivity contribution in [1.82, 2.24) is 4.98 Å². The molecule has 1 aromatic heterocycles. The maximum Gasteiger partial charge on any atom is 0.340 e. The van der Waals surface area contributed by atoms with Crippen molar-refractivity contribution in [2.75, 3.05) is 0 Å². The normalized spacial score (nSPS) is 11.4. The van der Waals surface area contributed by atoms with Gasteiger partial charge in [0.1, 0.15) is 5.60 Å². The first-order valence-corrected chi connectivity index (χ1v) is 5.79. The Morgan fingerprint density at radius 1 is 1.41 bits per heavy atom. The molecular formula is C13H20N2O2. The summed E-state index contributed by atoms with van der Waals surface area (Å²) in [6.45, 7) is 7.87. The summed E-state index contributed by atoms with van der Waals surface area (Å²) in [5.74, 6) is -0.328. The molecule has 0 aliphatic rings. The second-order valence-corrected chi connectivity index (χ2v) is 4.86. The molecule has 0 aliphatic carbocycles. The quantitative estimate of drug-likeness (QED) is 0.816. The Hall–Kier alpha value is -1.42. The maximum atomic E-state index is 11.9. The molecule has 4 nitrogen and oxygen atoms in total. The van der Waals surface area contributed by atoms with E-state index in [1.807, 2.05) is 27.7 Å². The van der Waals surface area contributed by atoms with Crippen molar-refractivity contribution in [3.8, 4) is 0 Å². The number of hydrogen-bond donors (Lipinski definition) is 1. The van der Waals surface area contributed by atoms with Crippen LogP contribution >= 0.6 is 0 Å². The summed E-state index contributed by atoms with van der Waals surface area (Å²) in [4.78, 5) is 16.3. The Morgan fingerprint density at radius 2 is 2.06 bits per heavy atom. The van der Waals surface area contributed by atoms with Gasteiger partial charge in [-0.05, 0) is 39.3 Å². The van der Waals surface area contributed by atoms with Gasteiger partial charge in [-0.3, -0.25) is 4.98 Å². The van der Waals surface area contributed by atoms with Crippen LogP contribution in [0.4, 0.5) is 0 Å². The number of ether oxygens (including phenoxy) is 1. The van der Waals surface area contributed by atoms with Crippen LogP contribution in [-0.2, 0) is 17.7 Å². The molecule has 94 valence electrons. The molecule has 0 fully saturated rings. The first kappa shape index (κ1) is 13.6. The monoisotopic (exact) mass is 236 g/mol. The summed E-state index contributed by atoms with van der Waals surface area (Å²) < 4.78 is 5.33. The second-order valence-electron chi connectivity index (χ2n) is 4.86. The predicted molar refractivity (Wildman–Crippen MR) is 66.7 cm³/mol. The van der Waals surface area contributed by atoms with E-state index in [9.17, 15) is 4.79 Å². The van der Waals surface area contributed by atoms with E-state index in [0.717, 1.165) is 11.4 Å². The van der Waals surface area contributed by atoms with E-state index in [-0.39, 0.29) is 5.97 Å². The number of nitrogens with two attached hydrogens (primary N) is 1. The number of rotatable bonds is 3. The van der Waals surface area contributed by atoms with Crippen molar-refractivity contribution in [3.05, 3.63) is 29.1 Å². The van der Waals surface area contributed by atoms with Gasteiger partial charge in [-0.1, -0.05) is 6.92 Å². The lowest BCUT2D eigenvalue weighted by molar-refractivity contribution is 0.00678.